The second kappa shape index (κ2) is 8.20. The van der Waals surface area contributed by atoms with E-state index >= 15 is 0 Å². The Bertz CT molecular complexity index is 702. The lowest BCUT2D eigenvalue weighted by molar-refractivity contribution is -0.141. The van der Waals surface area contributed by atoms with Gasteiger partial charge in [0, 0.05) is 45.3 Å². The highest BCUT2D eigenvalue weighted by atomic mass is 35.5. The van der Waals surface area contributed by atoms with E-state index in [4.69, 9.17) is 0 Å². The summed E-state index contributed by atoms with van der Waals surface area (Å²) in [6.45, 7) is 5.32. The molecule has 0 spiro atoms. The van der Waals surface area contributed by atoms with Gasteiger partial charge in [-0.05, 0) is 30.9 Å². The van der Waals surface area contributed by atoms with E-state index in [1.807, 2.05) is 4.90 Å². The minimum atomic E-state index is -4.38. The largest absolute Gasteiger partial charge is 0.416 e. The summed E-state index contributed by atoms with van der Waals surface area (Å²) in [7, 11) is 0. The Kier molecular flexibility index (Phi) is 6.27. The molecule has 3 aliphatic rings. The van der Waals surface area contributed by atoms with Crippen LogP contribution in [0.2, 0.25) is 0 Å². The van der Waals surface area contributed by atoms with Gasteiger partial charge in [0.2, 0.25) is 5.91 Å². The van der Waals surface area contributed by atoms with Crippen molar-refractivity contribution in [2.24, 2.45) is 0 Å². The molecule has 8 heteroatoms. The van der Waals surface area contributed by atoms with E-state index in [-0.39, 0.29) is 18.3 Å². The highest BCUT2D eigenvalue weighted by Gasteiger charge is 2.49. The number of alkyl halides is 3. The van der Waals surface area contributed by atoms with Crippen LogP contribution in [0.1, 0.15) is 36.8 Å². The molecule has 2 aliphatic heterocycles. The SMILES string of the molecule is Cl.O=C(N1CCC(N2CCNCC2)C1)C1(c2cccc(C(F)(F)F)c2)CCC1. The maximum absolute atomic E-state index is 13.4. The minimum absolute atomic E-state index is 0. The van der Waals surface area contributed by atoms with Gasteiger partial charge in [-0.25, -0.2) is 0 Å². The van der Waals surface area contributed by atoms with Crippen LogP contribution >= 0.6 is 12.4 Å². The van der Waals surface area contributed by atoms with Gasteiger partial charge in [-0.3, -0.25) is 9.69 Å². The van der Waals surface area contributed by atoms with Gasteiger partial charge in [-0.15, -0.1) is 12.4 Å². The number of hydrogen-bond acceptors (Lipinski definition) is 3. The third kappa shape index (κ3) is 3.89. The van der Waals surface area contributed by atoms with Crippen LogP contribution in [0.3, 0.4) is 0 Å². The molecular weight excluding hydrogens is 391 g/mol. The van der Waals surface area contributed by atoms with Crippen LogP contribution in [0.15, 0.2) is 24.3 Å². The monoisotopic (exact) mass is 417 g/mol. The lowest BCUT2D eigenvalue weighted by Gasteiger charge is -2.43. The lowest BCUT2D eigenvalue weighted by atomic mass is 9.63. The van der Waals surface area contributed by atoms with Crippen molar-refractivity contribution in [1.82, 2.24) is 15.1 Å². The first-order chi connectivity index (χ1) is 12.9. The first-order valence-corrected chi connectivity index (χ1v) is 9.82. The highest BCUT2D eigenvalue weighted by molar-refractivity contribution is 5.89. The summed E-state index contributed by atoms with van der Waals surface area (Å²) in [5.41, 5.74) is -0.905. The summed E-state index contributed by atoms with van der Waals surface area (Å²) in [5, 5.41) is 3.34. The average molecular weight is 418 g/mol. The molecule has 28 heavy (non-hydrogen) atoms. The number of halogens is 4. The number of carbonyl (C=O) groups is 1. The molecule has 1 aromatic carbocycles. The maximum atomic E-state index is 13.4. The molecule has 2 saturated heterocycles. The van der Waals surface area contributed by atoms with Gasteiger partial charge in [0.15, 0.2) is 0 Å². The summed E-state index contributed by atoms with van der Waals surface area (Å²) in [5.74, 6) is 0.0192. The van der Waals surface area contributed by atoms with Crippen molar-refractivity contribution in [1.29, 1.82) is 0 Å². The number of nitrogens with one attached hydrogen (secondary N) is 1. The van der Waals surface area contributed by atoms with Gasteiger partial charge in [0.05, 0.1) is 11.0 Å². The van der Waals surface area contributed by atoms with E-state index in [2.05, 4.69) is 10.2 Å². The Morgan fingerprint density at radius 3 is 2.46 bits per heavy atom. The number of amides is 1. The molecule has 1 aliphatic carbocycles. The molecule has 1 atom stereocenters. The Labute approximate surface area is 169 Å². The van der Waals surface area contributed by atoms with Crippen LogP contribution in [-0.4, -0.2) is 61.0 Å². The summed E-state index contributed by atoms with van der Waals surface area (Å²) in [4.78, 5) is 17.7. The quantitative estimate of drug-likeness (QED) is 0.821. The van der Waals surface area contributed by atoms with Gasteiger partial charge >= 0.3 is 6.18 Å². The second-order valence-electron chi connectivity index (χ2n) is 7.99. The number of rotatable bonds is 3. The molecule has 156 valence electrons. The van der Waals surface area contributed by atoms with Gasteiger partial charge in [-0.2, -0.15) is 13.2 Å². The van der Waals surface area contributed by atoms with Crippen LogP contribution in [0.5, 0.6) is 0 Å². The predicted octanol–water partition coefficient (Wildman–Crippen LogP) is 3.06. The van der Waals surface area contributed by atoms with Crippen molar-refractivity contribution in [3.63, 3.8) is 0 Å². The fraction of sp³-hybridized carbons (Fsp3) is 0.650. The van der Waals surface area contributed by atoms with Crippen molar-refractivity contribution in [3.05, 3.63) is 35.4 Å². The molecule has 0 radical (unpaired) electrons. The molecule has 0 aromatic heterocycles. The van der Waals surface area contributed by atoms with Crippen LogP contribution in [0.25, 0.3) is 0 Å². The molecule has 1 aromatic rings. The number of benzene rings is 1. The summed E-state index contributed by atoms with van der Waals surface area (Å²) in [6, 6.07) is 5.75. The molecule has 2 heterocycles. The molecule has 1 amide bonds. The molecule has 0 bridgehead atoms. The van der Waals surface area contributed by atoms with Crippen molar-refractivity contribution in [2.45, 2.75) is 43.3 Å². The minimum Gasteiger partial charge on any atom is -0.340 e. The Morgan fingerprint density at radius 2 is 1.86 bits per heavy atom. The third-order valence-electron chi connectivity index (χ3n) is 6.48. The highest BCUT2D eigenvalue weighted by Crippen LogP contribution is 2.47. The maximum Gasteiger partial charge on any atom is 0.416 e. The lowest BCUT2D eigenvalue weighted by Crippen LogP contribution is -2.52. The number of likely N-dealkylation sites (tertiary alicyclic amines) is 1. The second-order valence-corrected chi connectivity index (χ2v) is 7.99. The van der Waals surface area contributed by atoms with Gasteiger partial charge < -0.3 is 10.2 Å². The normalized spacial score (nSPS) is 25.1. The molecule has 1 N–H and O–H groups in total. The molecule has 4 nitrogen and oxygen atoms in total. The zero-order valence-electron chi connectivity index (χ0n) is 15.8. The molecule has 3 fully saturated rings. The van der Waals surface area contributed by atoms with E-state index in [0.717, 1.165) is 45.1 Å². The van der Waals surface area contributed by atoms with Gasteiger partial charge in [0.1, 0.15) is 0 Å². The number of piperazine rings is 1. The smallest absolute Gasteiger partial charge is 0.340 e. The first-order valence-electron chi connectivity index (χ1n) is 9.82. The Morgan fingerprint density at radius 1 is 1.14 bits per heavy atom. The Hall–Kier alpha value is -1.31. The number of hydrogen-bond donors (Lipinski definition) is 1. The van der Waals surface area contributed by atoms with Gasteiger partial charge in [0.25, 0.3) is 0 Å². The van der Waals surface area contributed by atoms with Crippen LogP contribution in [0.4, 0.5) is 13.2 Å². The standard InChI is InChI=1S/C20H26F3N3O.ClH/c21-20(22,23)16-4-1-3-15(13-16)19(6-2-7-19)18(27)26-10-5-17(14-26)25-11-8-24-9-12-25;/h1,3-4,13,17,24H,2,5-12,14H2;1H. The van der Waals surface area contributed by atoms with E-state index in [1.54, 1.807) is 6.07 Å². The average Bonchev–Trinajstić information content (AvgIpc) is 3.11. The van der Waals surface area contributed by atoms with Crippen molar-refractivity contribution < 1.29 is 18.0 Å². The van der Waals surface area contributed by atoms with Crippen LogP contribution in [-0.2, 0) is 16.4 Å². The third-order valence-corrected chi connectivity index (χ3v) is 6.48. The summed E-state index contributed by atoms with van der Waals surface area (Å²) >= 11 is 0. The van der Waals surface area contributed by atoms with Crippen molar-refractivity contribution >= 4 is 18.3 Å². The van der Waals surface area contributed by atoms with E-state index in [1.165, 1.54) is 12.1 Å². The van der Waals surface area contributed by atoms with E-state index in [0.29, 0.717) is 37.5 Å². The number of nitrogens with zero attached hydrogens (tertiary/aromatic N) is 2. The topological polar surface area (TPSA) is 35.6 Å². The zero-order valence-corrected chi connectivity index (χ0v) is 16.6. The molecule has 1 saturated carbocycles. The molecular formula is C20H27ClF3N3O. The summed E-state index contributed by atoms with van der Waals surface area (Å²) < 4.78 is 39.4. The predicted molar refractivity (Wildman–Crippen MR) is 104 cm³/mol. The van der Waals surface area contributed by atoms with Crippen LogP contribution < -0.4 is 5.32 Å². The molecule has 4 rings (SSSR count). The fourth-order valence-corrected chi connectivity index (χ4v) is 4.72. The van der Waals surface area contributed by atoms with Crippen molar-refractivity contribution in [3.8, 4) is 0 Å². The van der Waals surface area contributed by atoms with Gasteiger partial charge in [-0.1, -0.05) is 24.6 Å². The van der Waals surface area contributed by atoms with E-state index < -0.39 is 17.2 Å². The summed E-state index contributed by atoms with van der Waals surface area (Å²) in [6.07, 6.45) is -1.27. The van der Waals surface area contributed by atoms with E-state index in [9.17, 15) is 18.0 Å². The molecule has 1 unspecified atom stereocenters. The number of carbonyl (C=O) groups excluding carboxylic acids is 1. The van der Waals surface area contributed by atoms with Crippen molar-refractivity contribution in [2.75, 3.05) is 39.3 Å². The fourth-order valence-electron chi connectivity index (χ4n) is 4.72. The zero-order chi connectivity index (χ0) is 19.1. The first kappa shape index (κ1) is 21.4. The van der Waals surface area contributed by atoms with Crippen LogP contribution in [0, 0.1) is 0 Å². The Balaban J connectivity index is 0.00000225.